The molecular formula is C22H20N4O3. The Balaban J connectivity index is 1.43. The summed E-state index contributed by atoms with van der Waals surface area (Å²) in [5.41, 5.74) is 2.18. The smallest absolute Gasteiger partial charge is 0.266 e. The van der Waals surface area contributed by atoms with Crippen molar-refractivity contribution in [2.75, 3.05) is 31.1 Å². The number of nitriles is 1. The van der Waals surface area contributed by atoms with Gasteiger partial charge in [-0.05, 0) is 30.2 Å². The van der Waals surface area contributed by atoms with E-state index in [1.54, 1.807) is 23.1 Å². The lowest BCUT2D eigenvalue weighted by atomic mass is 10.1. The van der Waals surface area contributed by atoms with E-state index in [4.69, 9.17) is 8.83 Å². The van der Waals surface area contributed by atoms with Crippen molar-refractivity contribution in [2.45, 2.75) is 6.92 Å². The number of rotatable bonds is 4. The minimum Gasteiger partial charge on any atom is -0.459 e. The number of nitrogens with zero attached hydrogens (tertiary/aromatic N) is 4. The van der Waals surface area contributed by atoms with E-state index in [-0.39, 0.29) is 17.5 Å². The fraction of sp³-hybridized carbons (Fsp3) is 0.227. The maximum absolute atomic E-state index is 12.6. The predicted molar refractivity (Wildman–Crippen MR) is 108 cm³/mol. The van der Waals surface area contributed by atoms with E-state index in [1.807, 2.05) is 42.2 Å². The summed E-state index contributed by atoms with van der Waals surface area (Å²) in [5, 5.41) is 9.41. The van der Waals surface area contributed by atoms with Crippen LogP contribution in [0.3, 0.4) is 0 Å². The van der Waals surface area contributed by atoms with Crippen LogP contribution in [0.5, 0.6) is 0 Å². The summed E-state index contributed by atoms with van der Waals surface area (Å²) >= 11 is 0. The van der Waals surface area contributed by atoms with Crippen LogP contribution < -0.4 is 4.90 Å². The normalized spacial score (nSPS) is 14.7. The van der Waals surface area contributed by atoms with E-state index in [0.29, 0.717) is 37.8 Å². The lowest BCUT2D eigenvalue weighted by molar-refractivity contribution is -0.126. The molecule has 1 fully saturated rings. The topological polar surface area (TPSA) is 86.5 Å². The lowest BCUT2D eigenvalue weighted by Gasteiger charge is -2.34. The maximum Gasteiger partial charge on any atom is 0.266 e. The molecule has 29 heavy (non-hydrogen) atoms. The van der Waals surface area contributed by atoms with Crippen molar-refractivity contribution in [1.82, 2.24) is 9.88 Å². The predicted octanol–water partition coefficient (Wildman–Crippen LogP) is 3.56. The highest BCUT2D eigenvalue weighted by molar-refractivity contribution is 5.95. The van der Waals surface area contributed by atoms with Crippen LogP contribution in [-0.4, -0.2) is 42.0 Å². The Bertz CT molecular complexity index is 1050. The molecular weight excluding hydrogens is 368 g/mol. The number of carbonyl (C=O) groups excluding carboxylic acids is 1. The molecule has 7 heteroatoms. The molecule has 0 saturated carbocycles. The Hall–Kier alpha value is -3.79. The van der Waals surface area contributed by atoms with Crippen molar-refractivity contribution < 1.29 is 13.6 Å². The van der Waals surface area contributed by atoms with Gasteiger partial charge in [0, 0.05) is 32.3 Å². The van der Waals surface area contributed by atoms with Crippen molar-refractivity contribution in [1.29, 1.82) is 5.26 Å². The third-order valence-electron chi connectivity index (χ3n) is 4.89. The van der Waals surface area contributed by atoms with Crippen LogP contribution >= 0.6 is 0 Å². The van der Waals surface area contributed by atoms with E-state index in [9.17, 15) is 10.1 Å². The number of amides is 1. The fourth-order valence-electron chi connectivity index (χ4n) is 3.30. The summed E-state index contributed by atoms with van der Waals surface area (Å²) in [6, 6.07) is 15.4. The van der Waals surface area contributed by atoms with Gasteiger partial charge in [-0.25, -0.2) is 0 Å². The molecule has 1 amide bonds. The van der Waals surface area contributed by atoms with Gasteiger partial charge in [0.15, 0.2) is 5.76 Å². The monoisotopic (exact) mass is 388 g/mol. The lowest BCUT2D eigenvalue weighted by Crippen LogP contribution is -2.48. The summed E-state index contributed by atoms with van der Waals surface area (Å²) < 4.78 is 11.1. The van der Waals surface area contributed by atoms with Crippen LogP contribution in [0.1, 0.15) is 18.2 Å². The highest BCUT2D eigenvalue weighted by Crippen LogP contribution is 2.29. The van der Waals surface area contributed by atoms with Gasteiger partial charge in [0.25, 0.3) is 5.89 Å². The first-order valence-corrected chi connectivity index (χ1v) is 9.38. The molecule has 0 N–H and O–H groups in total. The third-order valence-corrected chi connectivity index (χ3v) is 4.89. The van der Waals surface area contributed by atoms with E-state index < -0.39 is 0 Å². The first-order chi connectivity index (χ1) is 14.2. The molecule has 0 aliphatic carbocycles. The van der Waals surface area contributed by atoms with Crippen LogP contribution in [0.15, 0.2) is 63.6 Å². The molecule has 0 radical (unpaired) electrons. The minimum atomic E-state index is -0.0136. The largest absolute Gasteiger partial charge is 0.459 e. The molecule has 146 valence electrons. The third kappa shape index (κ3) is 3.92. The molecule has 1 aliphatic rings. The number of allylic oxidation sites excluding steroid dienone is 1. The number of piperazine rings is 1. The van der Waals surface area contributed by atoms with Gasteiger partial charge < -0.3 is 18.6 Å². The summed E-state index contributed by atoms with van der Waals surface area (Å²) in [6.45, 7) is 4.14. The van der Waals surface area contributed by atoms with Crippen molar-refractivity contribution in [3.05, 3.63) is 66.1 Å². The van der Waals surface area contributed by atoms with Crippen molar-refractivity contribution in [3.63, 3.8) is 0 Å². The number of aromatic nitrogens is 1. The molecule has 3 aromatic rings. The maximum atomic E-state index is 12.6. The SMILES string of the molecule is CC(=CC(=O)N1CCN(c2oc(-c3ccco3)nc2C#N)CC1)c1ccccc1. The molecule has 0 spiro atoms. The molecule has 0 unspecified atom stereocenters. The molecule has 0 bridgehead atoms. The quantitative estimate of drug-likeness (QED) is 0.635. The number of benzene rings is 1. The Morgan fingerprint density at radius 2 is 1.90 bits per heavy atom. The van der Waals surface area contributed by atoms with Crippen LogP contribution in [0.2, 0.25) is 0 Å². The minimum absolute atomic E-state index is 0.0136. The Labute approximate surface area is 168 Å². The van der Waals surface area contributed by atoms with E-state index in [1.165, 1.54) is 6.26 Å². The van der Waals surface area contributed by atoms with Crippen molar-refractivity contribution in [3.8, 4) is 17.7 Å². The molecule has 2 aromatic heterocycles. The van der Waals surface area contributed by atoms with Gasteiger partial charge >= 0.3 is 0 Å². The van der Waals surface area contributed by atoms with E-state index >= 15 is 0 Å². The average Bonchev–Trinajstić information content (AvgIpc) is 3.44. The number of oxazole rings is 1. The summed E-state index contributed by atoms with van der Waals surface area (Å²) in [5.74, 6) is 1.16. The van der Waals surface area contributed by atoms with Gasteiger partial charge in [0.2, 0.25) is 17.5 Å². The highest BCUT2D eigenvalue weighted by Gasteiger charge is 2.26. The number of hydrogen-bond acceptors (Lipinski definition) is 6. The number of carbonyl (C=O) groups is 1. The average molecular weight is 388 g/mol. The van der Waals surface area contributed by atoms with Gasteiger partial charge in [-0.1, -0.05) is 30.3 Å². The summed E-state index contributed by atoms with van der Waals surface area (Å²) in [7, 11) is 0. The van der Waals surface area contributed by atoms with Crippen LogP contribution in [0.4, 0.5) is 5.88 Å². The molecule has 1 aliphatic heterocycles. The first-order valence-electron chi connectivity index (χ1n) is 9.38. The zero-order valence-corrected chi connectivity index (χ0v) is 16.0. The van der Waals surface area contributed by atoms with Gasteiger partial charge in [-0.15, -0.1) is 0 Å². The van der Waals surface area contributed by atoms with E-state index in [0.717, 1.165) is 11.1 Å². The van der Waals surface area contributed by atoms with Crippen LogP contribution in [-0.2, 0) is 4.79 Å². The molecule has 3 heterocycles. The summed E-state index contributed by atoms with van der Waals surface area (Å²) in [6.07, 6.45) is 3.20. The Kier molecular flexibility index (Phi) is 5.16. The Morgan fingerprint density at radius 1 is 1.14 bits per heavy atom. The van der Waals surface area contributed by atoms with Gasteiger partial charge in [0.05, 0.1) is 6.26 Å². The van der Waals surface area contributed by atoms with Crippen molar-refractivity contribution in [2.24, 2.45) is 0 Å². The second kappa shape index (κ2) is 8.07. The highest BCUT2D eigenvalue weighted by atomic mass is 16.4. The summed E-state index contributed by atoms with van der Waals surface area (Å²) in [4.78, 5) is 20.6. The number of furan rings is 1. The fourth-order valence-corrected chi connectivity index (χ4v) is 3.30. The first kappa shape index (κ1) is 18.6. The van der Waals surface area contributed by atoms with Gasteiger partial charge in [0.1, 0.15) is 6.07 Å². The molecule has 7 nitrogen and oxygen atoms in total. The second-order valence-corrected chi connectivity index (χ2v) is 6.77. The second-order valence-electron chi connectivity index (χ2n) is 6.77. The zero-order chi connectivity index (χ0) is 20.2. The van der Waals surface area contributed by atoms with Gasteiger partial charge in [-0.2, -0.15) is 10.2 Å². The zero-order valence-electron chi connectivity index (χ0n) is 16.0. The van der Waals surface area contributed by atoms with Crippen LogP contribution in [0.25, 0.3) is 17.2 Å². The number of anilines is 1. The van der Waals surface area contributed by atoms with Crippen LogP contribution in [0, 0.1) is 11.3 Å². The van der Waals surface area contributed by atoms with Gasteiger partial charge in [-0.3, -0.25) is 4.79 Å². The van der Waals surface area contributed by atoms with Crippen molar-refractivity contribution >= 4 is 17.4 Å². The number of hydrogen-bond donors (Lipinski definition) is 0. The standard InChI is InChI=1S/C22H20N4O3/c1-16(17-6-3-2-4-7-17)14-20(27)25-9-11-26(12-10-25)22-18(15-23)24-21(29-22)19-8-5-13-28-19/h2-8,13-14H,9-12H2,1H3. The van der Waals surface area contributed by atoms with E-state index in [2.05, 4.69) is 11.1 Å². The molecule has 1 saturated heterocycles. The molecule has 1 aromatic carbocycles. The molecule has 4 rings (SSSR count). The molecule has 0 atom stereocenters. The Morgan fingerprint density at radius 3 is 2.55 bits per heavy atom.